The Morgan fingerprint density at radius 1 is 1.22 bits per heavy atom. The van der Waals surface area contributed by atoms with Gasteiger partial charge in [0.25, 0.3) is 0 Å². The number of methoxy groups -OCH3 is 1. The van der Waals surface area contributed by atoms with Crippen LogP contribution in [0.4, 0.5) is 5.69 Å². The molecule has 2 rings (SSSR count). The van der Waals surface area contributed by atoms with Gasteiger partial charge in [0, 0.05) is 31.2 Å². The van der Waals surface area contributed by atoms with Gasteiger partial charge >= 0.3 is 0 Å². The summed E-state index contributed by atoms with van der Waals surface area (Å²) in [5.74, 6) is 0. The third kappa shape index (κ3) is 3.14. The summed E-state index contributed by atoms with van der Waals surface area (Å²) in [6.45, 7) is 4.66. The molecule has 2 aromatic rings. The highest BCUT2D eigenvalue weighted by molar-refractivity contribution is 5.45. The van der Waals surface area contributed by atoms with E-state index >= 15 is 0 Å². The molecular weight excluding hydrogens is 224 g/mol. The first-order valence-electron chi connectivity index (χ1n) is 6.29. The van der Waals surface area contributed by atoms with E-state index in [9.17, 15) is 0 Å². The SMILES string of the molecule is CCn1cccc1CNc1cccc(COC)c1. The molecule has 0 saturated carbocycles. The molecule has 1 aromatic carbocycles. The summed E-state index contributed by atoms with van der Waals surface area (Å²) in [4.78, 5) is 0. The molecule has 0 aliphatic rings. The molecule has 0 aliphatic heterocycles. The minimum Gasteiger partial charge on any atom is -0.380 e. The van der Waals surface area contributed by atoms with Gasteiger partial charge in [-0.3, -0.25) is 0 Å². The van der Waals surface area contributed by atoms with Crippen molar-refractivity contribution in [1.82, 2.24) is 4.57 Å². The summed E-state index contributed by atoms with van der Waals surface area (Å²) in [7, 11) is 1.72. The lowest BCUT2D eigenvalue weighted by Gasteiger charge is -2.10. The van der Waals surface area contributed by atoms with Crippen LogP contribution >= 0.6 is 0 Å². The molecule has 0 spiro atoms. The van der Waals surface area contributed by atoms with E-state index in [4.69, 9.17) is 4.74 Å². The molecule has 0 fully saturated rings. The summed E-state index contributed by atoms with van der Waals surface area (Å²) in [5, 5.41) is 3.44. The molecular formula is C15H20N2O. The van der Waals surface area contributed by atoms with E-state index in [1.54, 1.807) is 7.11 Å². The fraction of sp³-hybridized carbons (Fsp3) is 0.333. The Hall–Kier alpha value is -1.74. The summed E-state index contributed by atoms with van der Waals surface area (Å²) in [6, 6.07) is 12.6. The molecule has 1 N–H and O–H groups in total. The number of hydrogen-bond acceptors (Lipinski definition) is 2. The largest absolute Gasteiger partial charge is 0.380 e. The van der Waals surface area contributed by atoms with Crippen LogP contribution in [0.5, 0.6) is 0 Å². The molecule has 3 heteroatoms. The number of hydrogen-bond donors (Lipinski definition) is 1. The highest BCUT2D eigenvalue weighted by atomic mass is 16.5. The molecule has 0 amide bonds. The predicted octanol–water partition coefficient (Wildman–Crippen LogP) is 3.27. The van der Waals surface area contributed by atoms with Crippen molar-refractivity contribution in [2.24, 2.45) is 0 Å². The van der Waals surface area contributed by atoms with Crippen molar-refractivity contribution in [1.29, 1.82) is 0 Å². The Balaban J connectivity index is 1.99. The molecule has 0 saturated heterocycles. The van der Waals surface area contributed by atoms with Gasteiger partial charge in [-0.05, 0) is 36.8 Å². The first-order chi connectivity index (χ1) is 8.83. The van der Waals surface area contributed by atoms with Crippen LogP contribution < -0.4 is 5.32 Å². The topological polar surface area (TPSA) is 26.2 Å². The maximum absolute atomic E-state index is 5.14. The minimum atomic E-state index is 0.654. The van der Waals surface area contributed by atoms with Gasteiger partial charge in [0.2, 0.25) is 0 Å². The van der Waals surface area contributed by atoms with Gasteiger partial charge in [0.05, 0.1) is 13.2 Å². The first kappa shape index (κ1) is 12.7. The average molecular weight is 244 g/mol. The van der Waals surface area contributed by atoms with Crippen LogP contribution in [0.25, 0.3) is 0 Å². The highest BCUT2D eigenvalue weighted by Crippen LogP contribution is 2.13. The monoisotopic (exact) mass is 244 g/mol. The highest BCUT2D eigenvalue weighted by Gasteiger charge is 2.00. The molecule has 1 aromatic heterocycles. The third-order valence-corrected chi connectivity index (χ3v) is 2.98. The molecule has 0 radical (unpaired) electrons. The van der Waals surface area contributed by atoms with Crippen LogP contribution in [0.2, 0.25) is 0 Å². The lowest BCUT2D eigenvalue weighted by molar-refractivity contribution is 0.185. The summed E-state index contributed by atoms with van der Waals surface area (Å²) < 4.78 is 7.38. The van der Waals surface area contributed by atoms with E-state index in [0.29, 0.717) is 6.61 Å². The fourth-order valence-corrected chi connectivity index (χ4v) is 2.05. The number of aromatic nitrogens is 1. The third-order valence-electron chi connectivity index (χ3n) is 2.98. The molecule has 96 valence electrons. The summed E-state index contributed by atoms with van der Waals surface area (Å²) >= 11 is 0. The normalized spacial score (nSPS) is 10.6. The zero-order valence-electron chi connectivity index (χ0n) is 11.0. The van der Waals surface area contributed by atoms with Gasteiger partial charge < -0.3 is 14.6 Å². The fourth-order valence-electron chi connectivity index (χ4n) is 2.05. The zero-order valence-corrected chi connectivity index (χ0v) is 11.0. The van der Waals surface area contributed by atoms with Crippen LogP contribution in [0, 0.1) is 0 Å². The van der Waals surface area contributed by atoms with Crippen LogP contribution in [-0.2, 0) is 24.4 Å². The Labute approximate surface area is 108 Å². The van der Waals surface area contributed by atoms with Crippen molar-refractivity contribution < 1.29 is 4.74 Å². The zero-order chi connectivity index (χ0) is 12.8. The maximum atomic E-state index is 5.14. The van der Waals surface area contributed by atoms with Gasteiger partial charge in [-0.15, -0.1) is 0 Å². The lowest BCUT2D eigenvalue weighted by atomic mass is 10.2. The van der Waals surface area contributed by atoms with Crippen LogP contribution in [0.1, 0.15) is 18.2 Å². The van der Waals surface area contributed by atoms with E-state index in [0.717, 1.165) is 18.8 Å². The summed E-state index contributed by atoms with van der Waals surface area (Å²) in [5.41, 5.74) is 3.62. The van der Waals surface area contributed by atoms with Crippen LogP contribution in [0.15, 0.2) is 42.6 Å². The smallest absolute Gasteiger partial charge is 0.0713 e. The molecule has 3 nitrogen and oxygen atoms in total. The van der Waals surface area contributed by atoms with Crippen molar-refractivity contribution in [3.05, 3.63) is 53.9 Å². The number of ether oxygens (including phenoxy) is 1. The van der Waals surface area contributed by atoms with Crippen molar-refractivity contribution in [3.8, 4) is 0 Å². The van der Waals surface area contributed by atoms with Crippen LogP contribution in [-0.4, -0.2) is 11.7 Å². The molecule has 0 atom stereocenters. The maximum Gasteiger partial charge on any atom is 0.0713 e. The van der Waals surface area contributed by atoms with Gasteiger partial charge in [-0.2, -0.15) is 0 Å². The van der Waals surface area contributed by atoms with Gasteiger partial charge in [-0.1, -0.05) is 12.1 Å². The van der Waals surface area contributed by atoms with E-state index in [-0.39, 0.29) is 0 Å². The number of rotatable bonds is 6. The molecule has 0 bridgehead atoms. The van der Waals surface area contributed by atoms with Gasteiger partial charge in [-0.25, -0.2) is 0 Å². The second kappa shape index (κ2) is 6.26. The Morgan fingerprint density at radius 2 is 2.11 bits per heavy atom. The standard InChI is InChI=1S/C15H20N2O/c1-3-17-9-5-8-15(17)11-16-14-7-4-6-13(10-14)12-18-2/h4-10,16H,3,11-12H2,1-2H3. The Kier molecular flexibility index (Phi) is 4.42. The second-order valence-corrected chi connectivity index (χ2v) is 4.27. The van der Waals surface area contributed by atoms with Crippen molar-refractivity contribution in [3.63, 3.8) is 0 Å². The number of benzene rings is 1. The van der Waals surface area contributed by atoms with Crippen molar-refractivity contribution >= 4 is 5.69 Å². The van der Waals surface area contributed by atoms with Crippen LogP contribution in [0.3, 0.4) is 0 Å². The molecule has 1 heterocycles. The Bertz CT molecular complexity index is 491. The van der Waals surface area contributed by atoms with Crippen molar-refractivity contribution in [2.75, 3.05) is 12.4 Å². The van der Waals surface area contributed by atoms with E-state index < -0.39 is 0 Å². The molecule has 18 heavy (non-hydrogen) atoms. The number of nitrogens with zero attached hydrogens (tertiary/aromatic N) is 1. The van der Waals surface area contributed by atoms with E-state index in [2.05, 4.69) is 59.4 Å². The average Bonchev–Trinajstić information content (AvgIpc) is 2.84. The molecule has 0 aliphatic carbocycles. The van der Waals surface area contributed by atoms with Crippen molar-refractivity contribution in [2.45, 2.75) is 26.6 Å². The second-order valence-electron chi connectivity index (χ2n) is 4.27. The minimum absolute atomic E-state index is 0.654. The quantitative estimate of drug-likeness (QED) is 0.844. The van der Waals surface area contributed by atoms with E-state index in [1.165, 1.54) is 11.3 Å². The van der Waals surface area contributed by atoms with E-state index in [1.807, 2.05) is 0 Å². The lowest BCUT2D eigenvalue weighted by Crippen LogP contribution is -2.06. The predicted molar refractivity (Wildman–Crippen MR) is 74.6 cm³/mol. The summed E-state index contributed by atoms with van der Waals surface area (Å²) in [6.07, 6.45) is 2.11. The van der Waals surface area contributed by atoms with Gasteiger partial charge in [0.1, 0.15) is 0 Å². The number of aryl methyl sites for hydroxylation is 1. The molecule has 0 unspecified atom stereocenters. The number of nitrogens with one attached hydrogen (secondary N) is 1. The first-order valence-corrected chi connectivity index (χ1v) is 6.29. The number of anilines is 1. The Morgan fingerprint density at radius 3 is 2.89 bits per heavy atom. The van der Waals surface area contributed by atoms with Gasteiger partial charge in [0.15, 0.2) is 0 Å².